The molecule has 0 heterocycles. The highest BCUT2D eigenvalue weighted by molar-refractivity contribution is 5.10. The van der Waals surface area contributed by atoms with Gasteiger partial charge >= 0.3 is 0 Å². The largest absolute Gasteiger partial charge is 0.386 e. The van der Waals surface area contributed by atoms with Gasteiger partial charge in [0.15, 0.2) is 0 Å². The molecule has 0 aromatic rings. The number of hydrogen-bond acceptors (Lipinski definition) is 1. The Morgan fingerprint density at radius 1 is 1.29 bits per heavy atom. The van der Waals surface area contributed by atoms with Crippen LogP contribution in [0.25, 0.3) is 0 Å². The van der Waals surface area contributed by atoms with Gasteiger partial charge in [-0.3, -0.25) is 0 Å². The molecular formula is C13H24O. The fourth-order valence-electron chi connectivity index (χ4n) is 3.24. The fraction of sp³-hybridized carbons (Fsp3) is 0.846. The summed E-state index contributed by atoms with van der Waals surface area (Å²) in [5.41, 5.74) is 0.940. The van der Waals surface area contributed by atoms with Crippen molar-refractivity contribution in [2.75, 3.05) is 0 Å². The second kappa shape index (κ2) is 3.69. The van der Waals surface area contributed by atoms with Crippen LogP contribution in [0.3, 0.4) is 0 Å². The lowest BCUT2D eigenvalue weighted by Crippen LogP contribution is -2.40. The third-order valence-electron chi connectivity index (χ3n) is 2.95. The van der Waals surface area contributed by atoms with Crippen molar-refractivity contribution >= 4 is 0 Å². The molecule has 1 N–H and O–H groups in total. The normalized spacial score (nSPS) is 36.6. The van der Waals surface area contributed by atoms with Crippen molar-refractivity contribution in [3.05, 3.63) is 11.6 Å². The molecule has 1 rings (SSSR count). The quantitative estimate of drug-likeness (QED) is 0.636. The highest BCUT2D eigenvalue weighted by atomic mass is 16.3. The Morgan fingerprint density at radius 3 is 2.29 bits per heavy atom. The van der Waals surface area contributed by atoms with E-state index in [2.05, 4.69) is 34.6 Å². The molecule has 0 radical (unpaired) electrons. The Labute approximate surface area is 88.2 Å². The molecule has 14 heavy (non-hydrogen) atoms. The van der Waals surface area contributed by atoms with Crippen LogP contribution in [0.2, 0.25) is 0 Å². The Bertz CT molecular complexity index is 236. The van der Waals surface area contributed by atoms with E-state index in [1.54, 1.807) is 0 Å². The van der Waals surface area contributed by atoms with Gasteiger partial charge in [-0.1, -0.05) is 32.4 Å². The maximum absolute atomic E-state index is 10.5. The first-order valence-electron chi connectivity index (χ1n) is 5.61. The summed E-state index contributed by atoms with van der Waals surface area (Å²) in [4.78, 5) is 0. The third-order valence-corrected chi connectivity index (χ3v) is 2.95. The maximum Gasteiger partial charge on any atom is 0.0837 e. The molecule has 0 aliphatic heterocycles. The molecule has 1 aliphatic rings. The zero-order chi connectivity index (χ0) is 11.0. The van der Waals surface area contributed by atoms with Crippen molar-refractivity contribution < 1.29 is 5.11 Å². The van der Waals surface area contributed by atoms with Crippen LogP contribution in [-0.4, -0.2) is 10.7 Å². The third kappa shape index (κ3) is 3.13. The van der Waals surface area contributed by atoms with Gasteiger partial charge in [-0.2, -0.15) is 0 Å². The number of allylic oxidation sites excluding steroid dienone is 1. The smallest absolute Gasteiger partial charge is 0.0837 e. The summed E-state index contributed by atoms with van der Waals surface area (Å²) in [6.45, 7) is 10.9. The molecule has 2 unspecified atom stereocenters. The summed E-state index contributed by atoms with van der Waals surface area (Å²) in [5.74, 6) is 0.624. The van der Waals surface area contributed by atoms with Gasteiger partial charge in [0.25, 0.3) is 0 Å². The predicted octanol–water partition coefficient (Wildman–Crippen LogP) is 3.53. The van der Waals surface area contributed by atoms with Gasteiger partial charge in [-0.05, 0) is 44.4 Å². The molecule has 1 nitrogen and oxygen atoms in total. The first kappa shape index (κ1) is 11.8. The minimum absolute atomic E-state index is 0.276. The summed E-state index contributed by atoms with van der Waals surface area (Å²) >= 11 is 0. The second-order valence-corrected chi connectivity index (χ2v) is 6.18. The molecule has 0 aromatic carbocycles. The van der Waals surface area contributed by atoms with Crippen LogP contribution in [0.15, 0.2) is 11.6 Å². The Balaban J connectivity index is 2.84. The van der Waals surface area contributed by atoms with Gasteiger partial charge < -0.3 is 5.11 Å². The molecule has 1 fully saturated rings. The predicted molar refractivity (Wildman–Crippen MR) is 61.2 cm³/mol. The summed E-state index contributed by atoms with van der Waals surface area (Å²) < 4.78 is 0. The van der Waals surface area contributed by atoms with E-state index in [1.165, 1.54) is 12.0 Å². The number of hydrogen-bond donors (Lipinski definition) is 1. The van der Waals surface area contributed by atoms with E-state index < -0.39 is 5.60 Å². The van der Waals surface area contributed by atoms with E-state index >= 15 is 0 Å². The SMILES string of the molecule is CC(C)=CC1(O)CC(C)CC(C)(C)C1. The lowest BCUT2D eigenvalue weighted by molar-refractivity contribution is -0.0214. The van der Waals surface area contributed by atoms with Gasteiger partial charge in [-0.15, -0.1) is 0 Å². The highest BCUT2D eigenvalue weighted by Gasteiger charge is 2.39. The Hall–Kier alpha value is -0.300. The average molecular weight is 196 g/mol. The standard InChI is InChI=1S/C13H24O/c1-10(2)6-13(14)8-11(3)7-12(4,5)9-13/h6,11,14H,7-9H2,1-5H3. The summed E-state index contributed by atoms with van der Waals surface area (Å²) in [7, 11) is 0. The lowest BCUT2D eigenvalue weighted by Gasteiger charge is -2.43. The van der Waals surface area contributed by atoms with Gasteiger partial charge in [-0.25, -0.2) is 0 Å². The van der Waals surface area contributed by atoms with Crippen LogP contribution in [-0.2, 0) is 0 Å². The van der Waals surface area contributed by atoms with Crippen molar-refractivity contribution in [2.45, 2.75) is 59.5 Å². The van der Waals surface area contributed by atoms with Crippen LogP contribution in [0, 0.1) is 11.3 Å². The van der Waals surface area contributed by atoms with E-state index in [0.29, 0.717) is 5.92 Å². The van der Waals surface area contributed by atoms with Crippen LogP contribution in [0.1, 0.15) is 53.9 Å². The monoisotopic (exact) mass is 196 g/mol. The molecule has 0 aromatic heterocycles. The zero-order valence-corrected chi connectivity index (χ0v) is 10.2. The molecular weight excluding hydrogens is 172 g/mol. The molecule has 1 saturated carbocycles. The number of rotatable bonds is 1. The highest BCUT2D eigenvalue weighted by Crippen LogP contribution is 2.44. The van der Waals surface area contributed by atoms with Crippen LogP contribution in [0.4, 0.5) is 0 Å². The van der Waals surface area contributed by atoms with Crippen molar-refractivity contribution in [2.24, 2.45) is 11.3 Å². The molecule has 82 valence electrons. The fourth-order valence-corrected chi connectivity index (χ4v) is 3.24. The number of aliphatic hydroxyl groups is 1. The van der Waals surface area contributed by atoms with Crippen molar-refractivity contribution in [3.63, 3.8) is 0 Å². The summed E-state index contributed by atoms with van der Waals surface area (Å²) in [5, 5.41) is 10.5. The van der Waals surface area contributed by atoms with E-state index in [-0.39, 0.29) is 5.41 Å². The molecule has 0 spiro atoms. The minimum atomic E-state index is -0.556. The first-order chi connectivity index (χ1) is 6.22. The maximum atomic E-state index is 10.5. The van der Waals surface area contributed by atoms with Gasteiger partial charge in [0.2, 0.25) is 0 Å². The Kier molecular flexibility index (Phi) is 3.10. The topological polar surface area (TPSA) is 20.2 Å². The molecule has 0 bridgehead atoms. The lowest BCUT2D eigenvalue weighted by atomic mass is 9.65. The van der Waals surface area contributed by atoms with Gasteiger partial charge in [0, 0.05) is 0 Å². The molecule has 1 heteroatoms. The van der Waals surface area contributed by atoms with Crippen molar-refractivity contribution in [3.8, 4) is 0 Å². The zero-order valence-electron chi connectivity index (χ0n) is 10.2. The summed E-state index contributed by atoms with van der Waals surface area (Å²) in [6, 6.07) is 0. The Morgan fingerprint density at radius 2 is 1.86 bits per heavy atom. The van der Waals surface area contributed by atoms with Crippen molar-refractivity contribution in [1.29, 1.82) is 0 Å². The van der Waals surface area contributed by atoms with Crippen LogP contribution in [0.5, 0.6) is 0 Å². The van der Waals surface area contributed by atoms with Crippen molar-refractivity contribution in [1.82, 2.24) is 0 Å². The molecule has 1 aliphatic carbocycles. The molecule has 2 atom stereocenters. The average Bonchev–Trinajstić information content (AvgIpc) is 1.74. The van der Waals surface area contributed by atoms with Gasteiger partial charge in [0.1, 0.15) is 0 Å². The molecule has 0 amide bonds. The van der Waals surface area contributed by atoms with E-state index in [0.717, 1.165) is 12.8 Å². The summed E-state index contributed by atoms with van der Waals surface area (Å²) in [6.07, 6.45) is 5.09. The van der Waals surface area contributed by atoms with Crippen LogP contribution < -0.4 is 0 Å². The second-order valence-electron chi connectivity index (χ2n) is 6.18. The van der Waals surface area contributed by atoms with E-state index in [1.807, 2.05) is 6.08 Å². The van der Waals surface area contributed by atoms with E-state index in [4.69, 9.17) is 0 Å². The van der Waals surface area contributed by atoms with E-state index in [9.17, 15) is 5.11 Å². The minimum Gasteiger partial charge on any atom is -0.386 e. The van der Waals surface area contributed by atoms with Crippen LogP contribution >= 0.6 is 0 Å². The van der Waals surface area contributed by atoms with Gasteiger partial charge in [0.05, 0.1) is 5.60 Å². The molecule has 0 saturated heterocycles. The first-order valence-corrected chi connectivity index (χ1v) is 5.61.